The van der Waals surface area contributed by atoms with Gasteiger partial charge in [0.15, 0.2) is 5.60 Å². The highest BCUT2D eigenvalue weighted by atomic mass is 16.5. The minimum absolute atomic E-state index is 0.00999. The van der Waals surface area contributed by atoms with Gasteiger partial charge in [0.05, 0.1) is 6.10 Å². The average molecular weight is 373 g/mol. The molecule has 4 aliphatic carbocycles. The molecule has 0 heterocycles. The van der Waals surface area contributed by atoms with E-state index in [1.54, 1.807) is 0 Å². The van der Waals surface area contributed by atoms with Crippen LogP contribution in [0.4, 0.5) is 0 Å². The fraction of sp³-hybridized carbons (Fsp3) is 0.818. The van der Waals surface area contributed by atoms with Gasteiger partial charge in [-0.3, -0.25) is 4.79 Å². The molecular weight excluding hydrogens is 342 g/mol. The third-order valence-corrected chi connectivity index (χ3v) is 8.78. The summed E-state index contributed by atoms with van der Waals surface area (Å²) in [5.41, 5.74) is -0.669. The minimum atomic E-state index is -1.64. The van der Waals surface area contributed by atoms with Gasteiger partial charge in [-0.15, -0.1) is 0 Å². The number of hydrogen-bond acceptors (Lipinski definition) is 5. The first kappa shape index (κ1) is 19.0. The molecule has 0 unspecified atom stereocenters. The zero-order chi connectivity index (χ0) is 19.6. The van der Waals surface area contributed by atoms with E-state index in [4.69, 9.17) is 4.74 Å². The van der Waals surface area contributed by atoms with E-state index in [0.717, 1.165) is 38.5 Å². The van der Waals surface area contributed by atoms with Crippen molar-refractivity contribution >= 4 is 5.97 Å². The molecule has 0 aromatic heterocycles. The van der Waals surface area contributed by atoms with Crippen molar-refractivity contribution in [3.63, 3.8) is 0 Å². The Kier molecular flexibility index (Phi) is 4.25. The zero-order valence-electron chi connectivity index (χ0n) is 16.6. The molecule has 2 N–H and O–H groups in total. The van der Waals surface area contributed by atoms with Crippen LogP contribution in [-0.4, -0.2) is 34.0 Å². The van der Waals surface area contributed by atoms with Crippen LogP contribution in [0.3, 0.4) is 0 Å². The predicted molar refractivity (Wildman–Crippen MR) is 99.2 cm³/mol. The summed E-state index contributed by atoms with van der Waals surface area (Å²) in [6.07, 6.45) is 7.27. The van der Waals surface area contributed by atoms with Gasteiger partial charge in [-0.1, -0.05) is 25.5 Å². The summed E-state index contributed by atoms with van der Waals surface area (Å²) in [6.45, 7) is 5.83. The Labute approximate surface area is 161 Å². The Morgan fingerprint density at radius 1 is 1.30 bits per heavy atom. The number of esters is 1. The minimum Gasteiger partial charge on any atom is -0.462 e. The normalized spacial score (nSPS) is 51.3. The highest BCUT2D eigenvalue weighted by molar-refractivity contribution is 5.66. The van der Waals surface area contributed by atoms with Crippen LogP contribution >= 0.6 is 0 Å². The molecule has 27 heavy (non-hydrogen) atoms. The number of aliphatic hydroxyl groups excluding tert-OH is 1. The molecule has 0 aromatic rings. The fourth-order valence-corrected chi connectivity index (χ4v) is 7.18. The Balaban J connectivity index is 1.63. The number of carbonyl (C=O) groups excluding carboxylic acids is 1. The van der Waals surface area contributed by atoms with Crippen LogP contribution in [0.1, 0.15) is 65.7 Å². The highest BCUT2D eigenvalue weighted by Crippen LogP contribution is 2.67. The summed E-state index contributed by atoms with van der Waals surface area (Å²) < 4.78 is 5.48. The maximum absolute atomic E-state index is 11.3. The Morgan fingerprint density at radius 2 is 2.04 bits per heavy atom. The zero-order valence-corrected chi connectivity index (χ0v) is 16.6. The molecule has 4 aliphatic rings. The van der Waals surface area contributed by atoms with Crippen LogP contribution in [-0.2, 0) is 9.53 Å². The lowest BCUT2D eigenvalue weighted by molar-refractivity contribution is -0.149. The molecular formula is C22H31NO4. The first-order valence-corrected chi connectivity index (χ1v) is 10.3. The largest absolute Gasteiger partial charge is 0.462 e. The van der Waals surface area contributed by atoms with Gasteiger partial charge in [0.25, 0.3) is 0 Å². The van der Waals surface area contributed by atoms with Crippen LogP contribution < -0.4 is 0 Å². The fourth-order valence-electron chi connectivity index (χ4n) is 7.18. The third kappa shape index (κ3) is 2.46. The second kappa shape index (κ2) is 6.06. The first-order chi connectivity index (χ1) is 12.7. The van der Waals surface area contributed by atoms with Crippen molar-refractivity contribution in [2.45, 2.75) is 83.5 Å². The van der Waals surface area contributed by atoms with Gasteiger partial charge < -0.3 is 14.9 Å². The molecule has 5 heteroatoms. The number of allylic oxidation sites excluding steroid dienone is 1. The third-order valence-electron chi connectivity index (χ3n) is 8.78. The van der Waals surface area contributed by atoms with Crippen LogP contribution in [0, 0.1) is 39.9 Å². The van der Waals surface area contributed by atoms with Crippen LogP contribution in [0.2, 0.25) is 0 Å². The smallest absolute Gasteiger partial charge is 0.302 e. The van der Waals surface area contributed by atoms with Crippen molar-refractivity contribution in [2.75, 3.05) is 0 Å². The monoisotopic (exact) mass is 373 g/mol. The molecule has 0 bridgehead atoms. The summed E-state index contributed by atoms with van der Waals surface area (Å²) in [4.78, 5) is 11.3. The predicted octanol–water partition coefficient (Wildman–Crippen LogP) is 3.11. The summed E-state index contributed by atoms with van der Waals surface area (Å²) in [5.74, 6) is 0.848. The van der Waals surface area contributed by atoms with Crippen molar-refractivity contribution in [1.82, 2.24) is 0 Å². The summed E-state index contributed by atoms with van der Waals surface area (Å²) in [6, 6.07) is 2.06. The average Bonchev–Trinajstić information content (AvgIpc) is 2.82. The lowest BCUT2D eigenvalue weighted by atomic mass is 9.47. The van der Waals surface area contributed by atoms with Crippen molar-refractivity contribution < 1.29 is 19.7 Å². The maximum atomic E-state index is 11.3. The number of aliphatic hydroxyl groups is 2. The van der Waals surface area contributed by atoms with Gasteiger partial charge in [-0.2, -0.15) is 5.26 Å². The summed E-state index contributed by atoms with van der Waals surface area (Å²) in [5, 5.41) is 31.1. The number of nitrogens with zero attached hydrogens (tertiary/aromatic N) is 1. The van der Waals surface area contributed by atoms with Gasteiger partial charge in [-0.25, -0.2) is 0 Å². The SMILES string of the molecule is CC(=O)O[C@@H]1CC[C@@]2(C)C(=CC[C@@H]3[C@@H]2CC[C@@]2(C)[C@H]3C[C@@H](O)[C@]2(O)C#N)C1. The Bertz CT molecular complexity index is 726. The lowest BCUT2D eigenvalue weighted by Gasteiger charge is -2.58. The number of nitriles is 1. The Morgan fingerprint density at radius 3 is 2.70 bits per heavy atom. The van der Waals surface area contributed by atoms with Gasteiger partial charge in [0, 0.05) is 18.8 Å². The molecule has 0 saturated heterocycles. The summed E-state index contributed by atoms with van der Waals surface area (Å²) >= 11 is 0. The van der Waals surface area contributed by atoms with E-state index in [-0.39, 0.29) is 23.4 Å². The second-order valence-corrected chi connectivity index (χ2v) is 9.82. The first-order valence-electron chi connectivity index (χ1n) is 10.3. The van der Waals surface area contributed by atoms with Crippen molar-refractivity contribution in [3.8, 4) is 6.07 Å². The maximum Gasteiger partial charge on any atom is 0.302 e. The van der Waals surface area contributed by atoms with Crippen molar-refractivity contribution in [1.29, 1.82) is 5.26 Å². The highest BCUT2D eigenvalue weighted by Gasteiger charge is 2.67. The quantitative estimate of drug-likeness (QED) is 0.419. The molecule has 148 valence electrons. The molecule has 0 aliphatic heterocycles. The number of fused-ring (bicyclic) bond motifs is 5. The molecule has 8 atom stereocenters. The molecule has 0 amide bonds. The molecule has 3 fully saturated rings. The summed E-state index contributed by atoms with van der Waals surface area (Å²) in [7, 11) is 0. The van der Waals surface area contributed by atoms with Gasteiger partial charge in [0.2, 0.25) is 0 Å². The molecule has 0 spiro atoms. The van der Waals surface area contributed by atoms with E-state index >= 15 is 0 Å². The van der Waals surface area contributed by atoms with E-state index in [1.165, 1.54) is 12.5 Å². The molecule has 4 rings (SSSR count). The molecule has 0 aromatic carbocycles. The molecule has 5 nitrogen and oxygen atoms in total. The lowest BCUT2D eigenvalue weighted by Crippen LogP contribution is -2.56. The van der Waals surface area contributed by atoms with Crippen LogP contribution in [0.15, 0.2) is 11.6 Å². The Hall–Kier alpha value is -1.38. The standard InChI is InChI=1S/C22H31NO4/c1-13(24)27-15-6-8-20(2)14(10-15)4-5-16-17(20)7-9-21(3)18(16)11-19(25)22(21,26)12-23/h4,15-19,25-26H,5-11H2,1-3H3/t15-,16-,17+,18+,19-,20+,21+,22-/m1/s1. The van der Waals surface area contributed by atoms with E-state index < -0.39 is 17.1 Å². The number of rotatable bonds is 1. The molecule has 3 saturated carbocycles. The van der Waals surface area contributed by atoms with Gasteiger partial charge >= 0.3 is 5.97 Å². The van der Waals surface area contributed by atoms with E-state index in [9.17, 15) is 20.3 Å². The van der Waals surface area contributed by atoms with E-state index in [0.29, 0.717) is 18.3 Å². The van der Waals surface area contributed by atoms with Crippen LogP contribution in [0.25, 0.3) is 0 Å². The number of ether oxygens (including phenoxy) is 1. The van der Waals surface area contributed by atoms with Crippen molar-refractivity contribution in [2.24, 2.45) is 28.6 Å². The van der Waals surface area contributed by atoms with E-state index in [2.05, 4.69) is 19.1 Å². The second-order valence-electron chi connectivity index (χ2n) is 9.82. The number of hydrogen-bond donors (Lipinski definition) is 2. The topological polar surface area (TPSA) is 90.6 Å². The van der Waals surface area contributed by atoms with Crippen LogP contribution in [0.5, 0.6) is 0 Å². The molecule has 0 radical (unpaired) electrons. The van der Waals surface area contributed by atoms with Crippen molar-refractivity contribution in [3.05, 3.63) is 11.6 Å². The van der Waals surface area contributed by atoms with Gasteiger partial charge in [-0.05, 0) is 61.7 Å². The van der Waals surface area contributed by atoms with Gasteiger partial charge in [0.1, 0.15) is 12.2 Å². The number of carbonyl (C=O) groups is 1. The van der Waals surface area contributed by atoms with E-state index in [1.807, 2.05) is 6.92 Å².